The molecule has 0 radical (unpaired) electrons. The monoisotopic (exact) mass is 293 g/mol. The van der Waals surface area contributed by atoms with Crippen molar-refractivity contribution in [1.82, 2.24) is 14.8 Å². The van der Waals surface area contributed by atoms with Gasteiger partial charge in [0, 0.05) is 43.6 Å². The largest absolute Gasteiger partial charge is 0.444 e. The molecule has 0 aliphatic carbocycles. The highest BCUT2D eigenvalue weighted by molar-refractivity contribution is 5.68. The number of hydrogen-bond donors (Lipinski definition) is 1. The summed E-state index contributed by atoms with van der Waals surface area (Å²) in [5, 5.41) is 0. The number of carbonyl (C=O) groups is 1. The van der Waals surface area contributed by atoms with Crippen molar-refractivity contribution in [1.29, 1.82) is 0 Å². The van der Waals surface area contributed by atoms with Crippen LogP contribution >= 0.6 is 0 Å². The first-order chi connectivity index (χ1) is 9.78. The molecule has 1 aromatic rings. The second kappa shape index (κ2) is 6.10. The summed E-state index contributed by atoms with van der Waals surface area (Å²) < 4.78 is 5.46. The summed E-state index contributed by atoms with van der Waals surface area (Å²) in [6, 6.07) is 4.77. The third-order valence-corrected chi connectivity index (χ3v) is 3.90. The van der Waals surface area contributed by atoms with Crippen molar-refractivity contribution >= 4 is 6.09 Å². The lowest BCUT2D eigenvalue weighted by atomic mass is 10.1. The Morgan fingerprint density at radius 1 is 1.43 bits per heavy atom. The van der Waals surface area contributed by atoms with Crippen LogP contribution in [0.25, 0.3) is 0 Å². The van der Waals surface area contributed by atoms with Gasteiger partial charge in [-0.05, 0) is 46.8 Å². The standard InChI is InChI=1S/C16H27N3O2/c1-12-11-18(15(20)21-16(3,4)5)9-10-19(12)13(2)14-7-6-8-17-14/h6-8,12-13,17H,9-11H2,1-5H3/t12-,13+/m0/s1. The molecule has 1 aromatic heterocycles. The Kier molecular flexibility index (Phi) is 4.61. The molecule has 1 N–H and O–H groups in total. The van der Waals surface area contributed by atoms with Crippen LogP contribution in [0.3, 0.4) is 0 Å². The molecular weight excluding hydrogens is 266 g/mol. The van der Waals surface area contributed by atoms with Gasteiger partial charge in [-0.2, -0.15) is 0 Å². The smallest absolute Gasteiger partial charge is 0.410 e. The van der Waals surface area contributed by atoms with E-state index in [0.717, 1.165) is 6.54 Å². The van der Waals surface area contributed by atoms with E-state index in [1.54, 1.807) is 0 Å². The molecule has 1 aliphatic rings. The molecular formula is C16H27N3O2. The lowest BCUT2D eigenvalue weighted by Gasteiger charge is -2.42. The van der Waals surface area contributed by atoms with Gasteiger partial charge >= 0.3 is 6.09 Å². The van der Waals surface area contributed by atoms with Crippen molar-refractivity contribution in [2.75, 3.05) is 19.6 Å². The Morgan fingerprint density at radius 3 is 2.67 bits per heavy atom. The summed E-state index contributed by atoms with van der Waals surface area (Å²) in [5.74, 6) is 0. The molecule has 2 atom stereocenters. The number of nitrogens with one attached hydrogen (secondary N) is 1. The Morgan fingerprint density at radius 2 is 2.14 bits per heavy atom. The molecule has 0 aromatic carbocycles. The normalized spacial score (nSPS) is 22.1. The number of hydrogen-bond acceptors (Lipinski definition) is 3. The second-order valence-electron chi connectivity index (χ2n) is 6.81. The van der Waals surface area contributed by atoms with E-state index in [1.807, 2.05) is 37.9 Å². The predicted molar refractivity (Wildman–Crippen MR) is 83.2 cm³/mol. The Labute approximate surface area is 127 Å². The number of aromatic nitrogens is 1. The second-order valence-corrected chi connectivity index (χ2v) is 6.81. The molecule has 2 heterocycles. The SMILES string of the molecule is C[C@H](c1ccc[nH]1)N1CCN(C(=O)OC(C)(C)C)C[C@@H]1C. The van der Waals surface area contributed by atoms with Crippen molar-refractivity contribution in [3.05, 3.63) is 24.0 Å². The lowest BCUT2D eigenvalue weighted by Crippen LogP contribution is -2.54. The molecule has 0 bridgehead atoms. The average molecular weight is 293 g/mol. The third-order valence-electron chi connectivity index (χ3n) is 3.90. The van der Waals surface area contributed by atoms with Gasteiger partial charge in [-0.25, -0.2) is 4.79 Å². The van der Waals surface area contributed by atoms with Gasteiger partial charge in [-0.3, -0.25) is 4.90 Å². The Bertz CT molecular complexity index is 464. The number of aromatic amines is 1. The van der Waals surface area contributed by atoms with E-state index in [1.165, 1.54) is 5.69 Å². The maximum absolute atomic E-state index is 12.1. The number of rotatable bonds is 2. The number of carbonyl (C=O) groups excluding carboxylic acids is 1. The van der Waals surface area contributed by atoms with Crippen LogP contribution in [0.5, 0.6) is 0 Å². The highest BCUT2D eigenvalue weighted by Gasteiger charge is 2.32. The van der Waals surface area contributed by atoms with E-state index in [4.69, 9.17) is 4.74 Å². The van der Waals surface area contributed by atoms with Gasteiger partial charge < -0.3 is 14.6 Å². The van der Waals surface area contributed by atoms with Crippen LogP contribution in [-0.2, 0) is 4.74 Å². The highest BCUT2D eigenvalue weighted by Crippen LogP contribution is 2.24. The van der Waals surface area contributed by atoms with Gasteiger partial charge in [0.05, 0.1) is 0 Å². The molecule has 0 unspecified atom stereocenters. The zero-order valence-corrected chi connectivity index (χ0v) is 13.7. The molecule has 1 saturated heterocycles. The summed E-state index contributed by atoms with van der Waals surface area (Å²) in [6.45, 7) is 12.3. The first-order valence-electron chi connectivity index (χ1n) is 7.65. The fourth-order valence-corrected chi connectivity index (χ4v) is 2.82. The van der Waals surface area contributed by atoms with Crippen molar-refractivity contribution in [2.24, 2.45) is 0 Å². The Hall–Kier alpha value is -1.49. The van der Waals surface area contributed by atoms with Crippen LogP contribution in [-0.4, -0.2) is 52.2 Å². The van der Waals surface area contributed by atoms with Crippen LogP contribution in [0.4, 0.5) is 4.79 Å². The zero-order valence-electron chi connectivity index (χ0n) is 13.7. The third kappa shape index (κ3) is 4.00. The van der Waals surface area contributed by atoms with Crippen molar-refractivity contribution < 1.29 is 9.53 Å². The van der Waals surface area contributed by atoms with Crippen molar-refractivity contribution in [2.45, 2.75) is 52.3 Å². The van der Waals surface area contributed by atoms with E-state index in [2.05, 4.69) is 29.8 Å². The minimum atomic E-state index is -0.436. The van der Waals surface area contributed by atoms with Crippen LogP contribution < -0.4 is 0 Å². The predicted octanol–water partition coefficient (Wildman–Crippen LogP) is 3.02. The molecule has 5 heteroatoms. The molecule has 0 saturated carbocycles. The molecule has 21 heavy (non-hydrogen) atoms. The number of amides is 1. The van der Waals surface area contributed by atoms with E-state index in [0.29, 0.717) is 25.2 Å². The number of H-pyrrole nitrogens is 1. The summed E-state index contributed by atoms with van der Waals surface area (Å²) in [5.41, 5.74) is 0.780. The minimum Gasteiger partial charge on any atom is -0.444 e. The van der Waals surface area contributed by atoms with Gasteiger partial charge in [-0.1, -0.05) is 0 Å². The van der Waals surface area contributed by atoms with Crippen LogP contribution in [0.15, 0.2) is 18.3 Å². The molecule has 1 amide bonds. The lowest BCUT2D eigenvalue weighted by molar-refractivity contribution is -0.000989. The van der Waals surface area contributed by atoms with Gasteiger partial charge in [0.2, 0.25) is 0 Å². The van der Waals surface area contributed by atoms with E-state index < -0.39 is 5.60 Å². The van der Waals surface area contributed by atoms with E-state index in [-0.39, 0.29) is 6.09 Å². The van der Waals surface area contributed by atoms with E-state index >= 15 is 0 Å². The van der Waals surface area contributed by atoms with Gasteiger partial charge in [0.15, 0.2) is 0 Å². The number of piperazine rings is 1. The van der Waals surface area contributed by atoms with Gasteiger partial charge in [0.1, 0.15) is 5.60 Å². The van der Waals surface area contributed by atoms with E-state index in [9.17, 15) is 4.79 Å². The highest BCUT2D eigenvalue weighted by atomic mass is 16.6. The van der Waals surface area contributed by atoms with Crippen LogP contribution in [0, 0.1) is 0 Å². The topological polar surface area (TPSA) is 48.6 Å². The van der Waals surface area contributed by atoms with Crippen LogP contribution in [0.2, 0.25) is 0 Å². The molecule has 0 spiro atoms. The molecule has 1 fully saturated rings. The van der Waals surface area contributed by atoms with Crippen molar-refractivity contribution in [3.63, 3.8) is 0 Å². The fraction of sp³-hybridized carbons (Fsp3) is 0.688. The summed E-state index contributed by atoms with van der Waals surface area (Å²) in [7, 11) is 0. The summed E-state index contributed by atoms with van der Waals surface area (Å²) in [4.78, 5) is 19.7. The first kappa shape index (κ1) is 15.9. The van der Waals surface area contributed by atoms with Gasteiger partial charge in [0.25, 0.3) is 0 Å². The zero-order chi connectivity index (χ0) is 15.6. The first-order valence-corrected chi connectivity index (χ1v) is 7.65. The summed E-state index contributed by atoms with van der Waals surface area (Å²) in [6.07, 6.45) is 1.74. The molecule has 5 nitrogen and oxygen atoms in total. The minimum absolute atomic E-state index is 0.207. The number of nitrogens with zero attached hydrogens (tertiary/aromatic N) is 2. The van der Waals surface area contributed by atoms with Crippen LogP contribution in [0.1, 0.15) is 46.4 Å². The molecule has 1 aliphatic heterocycles. The number of ether oxygens (including phenoxy) is 1. The van der Waals surface area contributed by atoms with Gasteiger partial charge in [-0.15, -0.1) is 0 Å². The average Bonchev–Trinajstić information content (AvgIpc) is 2.89. The Balaban J connectivity index is 1.94. The molecule has 2 rings (SSSR count). The maximum atomic E-state index is 12.1. The molecule has 118 valence electrons. The fourth-order valence-electron chi connectivity index (χ4n) is 2.82. The quantitative estimate of drug-likeness (QED) is 0.912. The maximum Gasteiger partial charge on any atom is 0.410 e. The van der Waals surface area contributed by atoms with Crippen molar-refractivity contribution in [3.8, 4) is 0 Å². The summed E-state index contributed by atoms with van der Waals surface area (Å²) >= 11 is 0.